The lowest BCUT2D eigenvalue weighted by Gasteiger charge is -2.27. The standard InChI is InChI=1S/C12H15F2N/c13-12(14)7-6-11(8-12,9-15)10-4-2-1-3-5-10/h1-5H,6-9,15H2. The highest BCUT2D eigenvalue weighted by Crippen LogP contribution is 2.48. The molecule has 1 atom stereocenters. The van der Waals surface area contributed by atoms with E-state index in [-0.39, 0.29) is 12.8 Å². The van der Waals surface area contributed by atoms with Crippen molar-refractivity contribution in [3.05, 3.63) is 35.9 Å². The van der Waals surface area contributed by atoms with Gasteiger partial charge in [0.1, 0.15) is 0 Å². The normalized spacial score (nSPS) is 29.3. The molecule has 0 saturated heterocycles. The first-order valence-electron chi connectivity index (χ1n) is 5.21. The van der Waals surface area contributed by atoms with Crippen molar-refractivity contribution in [2.45, 2.75) is 30.6 Å². The quantitative estimate of drug-likeness (QED) is 0.799. The summed E-state index contributed by atoms with van der Waals surface area (Å²) in [6.45, 7) is 0.298. The summed E-state index contributed by atoms with van der Waals surface area (Å²) in [5, 5.41) is 0. The van der Waals surface area contributed by atoms with Gasteiger partial charge >= 0.3 is 0 Å². The van der Waals surface area contributed by atoms with E-state index in [2.05, 4.69) is 0 Å². The van der Waals surface area contributed by atoms with E-state index in [1.165, 1.54) is 0 Å². The topological polar surface area (TPSA) is 26.0 Å². The molecule has 0 radical (unpaired) electrons. The molecule has 1 unspecified atom stereocenters. The van der Waals surface area contributed by atoms with Gasteiger partial charge in [-0.3, -0.25) is 0 Å². The second-order valence-electron chi connectivity index (χ2n) is 4.38. The predicted molar refractivity (Wildman–Crippen MR) is 56.0 cm³/mol. The third-order valence-corrected chi connectivity index (χ3v) is 3.34. The molecule has 82 valence electrons. The Kier molecular flexibility index (Phi) is 2.51. The Hall–Kier alpha value is -0.960. The number of halogens is 2. The monoisotopic (exact) mass is 211 g/mol. The number of rotatable bonds is 2. The molecule has 0 aliphatic heterocycles. The summed E-state index contributed by atoms with van der Waals surface area (Å²) in [4.78, 5) is 0. The average molecular weight is 211 g/mol. The van der Waals surface area contributed by atoms with Crippen LogP contribution in [-0.4, -0.2) is 12.5 Å². The van der Waals surface area contributed by atoms with Crippen molar-refractivity contribution in [1.29, 1.82) is 0 Å². The molecule has 0 aromatic heterocycles. The Labute approximate surface area is 88.3 Å². The molecule has 1 aromatic carbocycles. The predicted octanol–water partition coefficient (Wildman–Crippen LogP) is 2.70. The Bertz CT molecular complexity index is 337. The zero-order valence-corrected chi connectivity index (χ0v) is 8.55. The van der Waals surface area contributed by atoms with E-state index in [9.17, 15) is 8.78 Å². The molecule has 1 nitrogen and oxygen atoms in total. The summed E-state index contributed by atoms with van der Waals surface area (Å²) in [5.41, 5.74) is 6.13. The third kappa shape index (κ3) is 1.88. The van der Waals surface area contributed by atoms with Crippen LogP contribution in [0.25, 0.3) is 0 Å². The third-order valence-electron chi connectivity index (χ3n) is 3.34. The van der Waals surface area contributed by atoms with Gasteiger partial charge in [-0.05, 0) is 12.0 Å². The maximum absolute atomic E-state index is 13.3. The fourth-order valence-corrected chi connectivity index (χ4v) is 2.42. The van der Waals surface area contributed by atoms with Gasteiger partial charge < -0.3 is 5.73 Å². The molecular weight excluding hydrogens is 196 g/mol. The number of nitrogens with two attached hydrogens (primary N) is 1. The van der Waals surface area contributed by atoms with Crippen molar-refractivity contribution < 1.29 is 8.78 Å². The van der Waals surface area contributed by atoms with Gasteiger partial charge in [-0.25, -0.2) is 8.78 Å². The summed E-state index contributed by atoms with van der Waals surface area (Å²) >= 11 is 0. The van der Waals surface area contributed by atoms with E-state index in [4.69, 9.17) is 5.73 Å². The summed E-state index contributed by atoms with van der Waals surface area (Å²) in [6.07, 6.45) is 0.333. The van der Waals surface area contributed by atoms with E-state index < -0.39 is 11.3 Å². The van der Waals surface area contributed by atoms with Crippen LogP contribution in [0, 0.1) is 0 Å². The van der Waals surface area contributed by atoms with Crippen LogP contribution in [0.1, 0.15) is 24.8 Å². The Morgan fingerprint density at radius 1 is 1.13 bits per heavy atom. The second kappa shape index (κ2) is 3.56. The molecule has 1 aliphatic carbocycles. The van der Waals surface area contributed by atoms with Gasteiger partial charge in [-0.15, -0.1) is 0 Å². The van der Waals surface area contributed by atoms with Crippen LogP contribution >= 0.6 is 0 Å². The summed E-state index contributed by atoms with van der Waals surface area (Å²) in [7, 11) is 0. The summed E-state index contributed by atoms with van der Waals surface area (Å²) in [6, 6.07) is 9.44. The maximum atomic E-state index is 13.3. The highest BCUT2D eigenvalue weighted by Gasteiger charge is 2.49. The lowest BCUT2D eigenvalue weighted by molar-refractivity contribution is 0.00302. The van der Waals surface area contributed by atoms with Gasteiger partial charge in [0.25, 0.3) is 0 Å². The van der Waals surface area contributed by atoms with Crippen LogP contribution < -0.4 is 5.73 Å². The van der Waals surface area contributed by atoms with Crippen LogP contribution in [0.15, 0.2) is 30.3 Å². The van der Waals surface area contributed by atoms with E-state index in [0.29, 0.717) is 13.0 Å². The molecule has 2 rings (SSSR count). The highest BCUT2D eigenvalue weighted by atomic mass is 19.3. The maximum Gasteiger partial charge on any atom is 0.249 e. The molecule has 0 heterocycles. The Morgan fingerprint density at radius 3 is 2.27 bits per heavy atom. The number of benzene rings is 1. The van der Waals surface area contributed by atoms with Crippen molar-refractivity contribution in [1.82, 2.24) is 0 Å². The molecule has 3 heteroatoms. The first-order chi connectivity index (χ1) is 7.08. The minimum absolute atomic E-state index is 0.0426. The smallest absolute Gasteiger partial charge is 0.249 e. The van der Waals surface area contributed by atoms with Crippen molar-refractivity contribution in [2.24, 2.45) is 5.73 Å². The van der Waals surface area contributed by atoms with Gasteiger partial charge in [0, 0.05) is 24.8 Å². The summed E-state index contributed by atoms with van der Waals surface area (Å²) in [5.74, 6) is -2.55. The minimum Gasteiger partial charge on any atom is -0.330 e. The van der Waals surface area contributed by atoms with Gasteiger partial charge in [-0.1, -0.05) is 30.3 Å². The molecule has 1 fully saturated rings. The first-order valence-corrected chi connectivity index (χ1v) is 5.21. The number of hydrogen-bond donors (Lipinski definition) is 1. The Morgan fingerprint density at radius 2 is 1.80 bits per heavy atom. The van der Waals surface area contributed by atoms with Crippen LogP contribution in [0.4, 0.5) is 8.78 Å². The van der Waals surface area contributed by atoms with Gasteiger partial charge in [0.2, 0.25) is 5.92 Å². The molecular formula is C12H15F2N. The average Bonchev–Trinajstić information content (AvgIpc) is 2.57. The van der Waals surface area contributed by atoms with E-state index >= 15 is 0 Å². The second-order valence-corrected chi connectivity index (χ2v) is 4.38. The van der Waals surface area contributed by atoms with Crippen molar-refractivity contribution in [3.8, 4) is 0 Å². The molecule has 0 bridgehead atoms. The van der Waals surface area contributed by atoms with E-state index in [1.807, 2.05) is 30.3 Å². The van der Waals surface area contributed by atoms with Crippen molar-refractivity contribution in [2.75, 3.05) is 6.54 Å². The van der Waals surface area contributed by atoms with Gasteiger partial charge in [0.05, 0.1) is 0 Å². The molecule has 1 aliphatic rings. The Balaban J connectivity index is 2.32. The minimum atomic E-state index is -2.55. The SMILES string of the molecule is NCC1(c2ccccc2)CCC(F)(F)C1. The lowest BCUT2D eigenvalue weighted by atomic mass is 9.79. The van der Waals surface area contributed by atoms with E-state index in [0.717, 1.165) is 5.56 Å². The first kappa shape index (κ1) is 10.6. The largest absolute Gasteiger partial charge is 0.330 e. The van der Waals surface area contributed by atoms with E-state index in [1.54, 1.807) is 0 Å². The number of alkyl halides is 2. The molecule has 15 heavy (non-hydrogen) atoms. The molecule has 0 spiro atoms. The number of hydrogen-bond acceptors (Lipinski definition) is 1. The van der Waals surface area contributed by atoms with Crippen LogP contribution in [0.2, 0.25) is 0 Å². The highest BCUT2D eigenvalue weighted by molar-refractivity contribution is 5.28. The fourth-order valence-electron chi connectivity index (χ4n) is 2.42. The van der Waals surface area contributed by atoms with Crippen molar-refractivity contribution in [3.63, 3.8) is 0 Å². The molecule has 2 N–H and O–H groups in total. The van der Waals surface area contributed by atoms with Gasteiger partial charge in [-0.2, -0.15) is 0 Å². The zero-order valence-electron chi connectivity index (χ0n) is 8.55. The van der Waals surface area contributed by atoms with Crippen molar-refractivity contribution >= 4 is 0 Å². The van der Waals surface area contributed by atoms with Crippen LogP contribution in [0.5, 0.6) is 0 Å². The molecule has 1 saturated carbocycles. The van der Waals surface area contributed by atoms with Crippen LogP contribution in [-0.2, 0) is 5.41 Å². The molecule has 1 aromatic rings. The lowest BCUT2D eigenvalue weighted by Crippen LogP contribution is -2.33. The zero-order chi connectivity index (χ0) is 10.9. The summed E-state index contributed by atoms with van der Waals surface area (Å²) < 4.78 is 26.5. The fraction of sp³-hybridized carbons (Fsp3) is 0.500. The van der Waals surface area contributed by atoms with Crippen LogP contribution in [0.3, 0.4) is 0 Å². The molecule has 0 amide bonds. The van der Waals surface area contributed by atoms with Gasteiger partial charge in [0.15, 0.2) is 0 Å².